The van der Waals surface area contributed by atoms with Crippen molar-refractivity contribution >= 4 is 0 Å². The summed E-state index contributed by atoms with van der Waals surface area (Å²) in [5.74, 6) is 2.95. The molecule has 0 heterocycles. The van der Waals surface area contributed by atoms with Gasteiger partial charge in [0, 0.05) is 0 Å². The van der Waals surface area contributed by atoms with Gasteiger partial charge >= 0.3 is 6.36 Å². The van der Waals surface area contributed by atoms with Crippen LogP contribution in [0.2, 0.25) is 0 Å². The highest BCUT2D eigenvalue weighted by Gasteiger charge is 2.32. The number of allylic oxidation sites excluding steroid dienone is 1. The van der Waals surface area contributed by atoms with Gasteiger partial charge in [-0.3, -0.25) is 0 Å². The number of rotatable bonds is 7. The van der Waals surface area contributed by atoms with Crippen LogP contribution in [-0.4, -0.2) is 6.36 Å². The van der Waals surface area contributed by atoms with E-state index in [0.717, 1.165) is 42.6 Å². The van der Waals surface area contributed by atoms with E-state index in [9.17, 15) is 13.2 Å². The zero-order valence-electron chi connectivity index (χ0n) is 17.6. The van der Waals surface area contributed by atoms with Gasteiger partial charge in [0.2, 0.25) is 0 Å². The molecular weight excluding hydrogens is 373 g/mol. The van der Waals surface area contributed by atoms with Gasteiger partial charge in [0.15, 0.2) is 0 Å². The molecule has 0 N–H and O–H groups in total. The summed E-state index contributed by atoms with van der Waals surface area (Å²) in [6.45, 7) is 6.34. The first kappa shape index (κ1) is 22.2. The van der Waals surface area contributed by atoms with Crippen LogP contribution in [0.15, 0.2) is 36.4 Å². The molecule has 0 radical (unpaired) electrons. The van der Waals surface area contributed by atoms with Gasteiger partial charge in [0.05, 0.1) is 0 Å². The summed E-state index contributed by atoms with van der Waals surface area (Å²) in [6, 6.07) is 6.51. The molecule has 3 rings (SSSR count). The maximum absolute atomic E-state index is 12.3. The van der Waals surface area contributed by atoms with Crippen LogP contribution >= 0.6 is 0 Å². The van der Waals surface area contributed by atoms with E-state index in [4.69, 9.17) is 0 Å². The van der Waals surface area contributed by atoms with Crippen LogP contribution in [0.1, 0.15) is 89.0 Å². The second-order valence-electron chi connectivity index (χ2n) is 9.15. The van der Waals surface area contributed by atoms with E-state index < -0.39 is 6.36 Å². The third-order valence-corrected chi connectivity index (χ3v) is 7.32. The lowest BCUT2D eigenvalue weighted by Gasteiger charge is -2.38. The second kappa shape index (κ2) is 10.0. The Kier molecular flexibility index (Phi) is 7.70. The third-order valence-electron chi connectivity index (χ3n) is 7.32. The number of alkyl halides is 3. The maximum Gasteiger partial charge on any atom is 0.573 e. The molecule has 2 saturated carbocycles. The van der Waals surface area contributed by atoms with Crippen LogP contribution in [0.5, 0.6) is 5.75 Å². The minimum Gasteiger partial charge on any atom is -0.406 e. The minimum absolute atomic E-state index is 0.130. The summed E-state index contributed by atoms with van der Waals surface area (Å²) in [4.78, 5) is 0. The van der Waals surface area contributed by atoms with Crippen LogP contribution < -0.4 is 4.74 Å². The molecule has 0 spiro atoms. The van der Waals surface area contributed by atoms with E-state index in [1.54, 1.807) is 12.1 Å². The van der Waals surface area contributed by atoms with Gasteiger partial charge in [-0.2, -0.15) is 0 Å². The van der Waals surface area contributed by atoms with Crippen LogP contribution in [0, 0.1) is 17.8 Å². The number of hydrogen-bond donors (Lipinski definition) is 0. The molecule has 0 aromatic heterocycles. The molecule has 0 unspecified atom stereocenters. The first-order valence-corrected chi connectivity index (χ1v) is 11.4. The fraction of sp³-hybridized carbons (Fsp3) is 0.680. The van der Waals surface area contributed by atoms with Gasteiger partial charge in [-0.15, -0.1) is 13.2 Å². The predicted octanol–water partition coefficient (Wildman–Crippen LogP) is 8.41. The third kappa shape index (κ3) is 6.79. The number of halogens is 3. The highest BCUT2D eigenvalue weighted by Crippen LogP contribution is 2.44. The van der Waals surface area contributed by atoms with Crippen LogP contribution in [0.3, 0.4) is 0 Å². The Morgan fingerprint density at radius 1 is 0.931 bits per heavy atom. The summed E-state index contributed by atoms with van der Waals surface area (Å²) < 4.78 is 40.9. The molecule has 29 heavy (non-hydrogen) atoms. The smallest absolute Gasteiger partial charge is 0.406 e. The largest absolute Gasteiger partial charge is 0.573 e. The fourth-order valence-corrected chi connectivity index (χ4v) is 5.40. The van der Waals surface area contributed by atoms with Crippen LogP contribution in [0.4, 0.5) is 13.2 Å². The molecule has 0 amide bonds. The van der Waals surface area contributed by atoms with E-state index in [0.29, 0.717) is 5.92 Å². The summed E-state index contributed by atoms with van der Waals surface area (Å²) >= 11 is 0. The highest BCUT2D eigenvalue weighted by molar-refractivity contribution is 5.29. The zero-order chi connectivity index (χ0) is 20.9. The van der Waals surface area contributed by atoms with E-state index in [2.05, 4.69) is 18.2 Å². The molecule has 2 aliphatic rings. The number of hydrogen-bond acceptors (Lipinski definition) is 1. The van der Waals surface area contributed by atoms with Crippen molar-refractivity contribution in [2.45, 2.75) is 89.8 Å². The quantitative estimate of drug-likeness (QED) is 0.411. The van der Waals surface area contributed by atoms with Crippen molar-refractivity contribution in [2.75, 3.05) is 0 Å². The first-order valence-electron chi connectivity index (χ1n) is 11.4. The standard InChI is InChI=1S/C25H35F3O/c1-3-18(2)4-5-19-6-8-20(9-7-19)21-10-12-22(13-11-21)23-14-16-24(17-15-23)29-25(26,27)28/h14-17,19-22H,2-13H2,1H3. The molecule has 0 aliphatic heterocycles. The summed E-state index contributed by atoms with van der Waals surface area (Å²) in [7, 11) is 0. The Morgan fingerprint density at radius 2 is 1.48 bits per heavy atom. The fourth-order valence-electron chi connectivity index (χ4n) is 5.40. The van der Waals surface area contributed by atoms with Crippen molar-refractivity contribution in [1.29, 1.82) is 0 Å². The predicted molar refractivity (Wildman–Crippen MR) is 112 cm³/mol. The van der Waals surface area contributed by atoms with Crippen molar-refractivity contribution in [3.8, 4) is 5.75 Å². The maximum atomic E-state index is 12.3. The Morgan fingerprint density at radius 3 is 2.00 bits per heavy atom. The van der Waals surface area contributed by atoms with Gasteiger partial charge in [-0.25, -0.2) is 0 Å². The average Bonchev–Trinajstić information content (AvgIpc) is 2.72. The number of benzene rings is 1. The Hall–Kier alpha value is -1.45. The van der Waals surface area contributed by atoms with E-state index in [-0.39, 0.29) is 5.75 Å². The topological polar surface area (TPSA) is 9.23 Å². The molecule has 2 fully saturated rings. The lowest BCUT2D eigenvalue weighted by molar-refractivity contribution is -0.274. The lowest BCUT2D eigenvalue weighted by atomic mass is 9.68. The Labute approximate surface area is 173 Å². The normalized spacial score (nSPS) is 28.1. The first-order chi connectivity index (χ1) is 13.8. The Balaban J connectivity index is 1.41. The van der Waals surface area contributed by atoms with Gasteiger partial charge in [-0.05, 0) is 99.2 Å². The molecule has 0 bridgehead atoms. The van der Waals surface area contributed by atoms with Crippen molar-refractivity contribution in [2.24, 2.45) is 17.8 Å². The van der Waals surface area contributed by atoms with Crippen molar-refractivity contribution in [3.63, 3.8) is 0 Å². The van der Waals surface area contributed by atoms with Gasteiger partial charge < -0.3 is 4.74 Å². The molecule has 0 atom stereocenters. The average molecular weight is 409 g/mol. The lowest BCUT2D eigenvalue weighted by Crippen LogP contribution is -2.25. The molecular formula is C25H35F3O. The van der Waals surface area contributed by atoms with Crippen molar-refractivity contribution < 1.29 is 17.9 Å². The van der Waals surface area contributed by atoms with Crippen LogP contribution in [-0.2, 0) is 0 Å². The molecule has 2 aliphatic carbocycles. The SMILES string of the molecule is C=C(CC)CCC1CCC(C2CCC(c3ccc(OC(F)(F)F)cc3)CC2)CC1. The van der Waals surface area contributed by atoms with E-state index in [1.165, 1.54) is 69.1 Å². The number of ether oxygens (including phenoxy) is 1. The van der Waals surface area contributed by atoms with Crippen LogP contribution in [0.25, 0.3) is 0 Å². The molecule has 1 nitrogen and oxygen atoms in total. The second-order valence-corrected chi connectivity index (χ2v) is 9.15. The van der Waals surface area contributed by atoms with E-state index >= 15 is 0 Å². The van der Waals surface area contributed by atoms with Gasteiger partial charge in [0.25, 0.3) is 0 Å². The minimum atomic E-state index is -4.62. The van der Waals surface area contributed by atoms with Crippen molar-refractivity contribution in [3.05, 3.63) is 42.0 Å². The highest BCUT2D eigenvalue weighted by atomic mass is 19.4. The monoisotopic (exact) mass is 408 g/mol. The molecule has 162 valence electrons. The summed E-state index contributed by atoms with van der Waals surface area (Å²) in [5, 5.41) is 0. The Bertz CT molecular complexity index is 633. The molecule has 4 heteroatoms. The summed E-state index contributed by atoms with van der Waals surface area (Å²) in [6.07, 6.45) is 9.33. The molecule has 1 aromatic carbocycles. The molecule has 0 saturated heterocycles. The summed E-state index contributed by atoms with van der Waals surface area (Å²) in [5.41, 5.74) is 2.54. The van der Waals surface area contributed by atoms with E-state index in [1.807, 2.05) is 0 Å². The van der Waals surface area contributed by atoms with Gasteiger partial charge in [0.1, 0.15) is 5.75 Å². The zero-order valence-corrected chi connectivity index (χ0v) is 17.6. The van der Waals surface area contributed by atoms with Crippen molar-refractivity contribution in [1.82, 2.24) is 0 Å². The molecule has 1 aromatic rings. The van der Waals surface area contributed by atoms with Gasteiger partial charge in [-0.1, -0.05) is 44.1 Å².